The highest BCUT2D eigenvalue weighted by Crippen LogP contribution is 2.28. The van der Waals surface area contributed by atoms with E-state index in [2.05, 4.69) is 0 Å². The summed E-state index contributed by atoms with van der Waals surface area (Å²) in [5.41, 5.74) is 1.44. The summed E-state index contributed by atoms with van der Waals surface area (Å²) in [6.07, 6.45) is 2.82. The summed E-state index contributed by atoms with van der Waals surface area (Å²) in [6, 6.07) is 22.3. The van der Waals surface area contributed by atoms with E-state index in [1.165, 1.54) is 30.4 Å². The number of anilines is 2. The zero-order chi connectivity index (χ0) is 19.2. The van der Waals surface area contributed by atoms with Gasteiger partial charge in [0, 0.05) is 23.5 Å². The lowest BCUT2D eigenvalue weighted by Crippen LogP contribution is -2.23. The van der Waals surface area contributed by atoms with Crippen LogP contribution in [0.4, 0.5) is 17.1 Å². The van der Waals surface area contributed by atoms with Crippen molar-refractivity contribution >= 4 is 29.0 Å². The van der Waals surface area contributed by atoms with Gasteiger partial charge in [-0.3, -0.25) is 19.8 Å². The predicted molar refractivity (Wildman–Crippen MR) is 104 cm³/mol. The monoisotopic (exact) mass is 360 g/mol. The van der Waals surface area contributed by atoms with E-state index in [0.717, 1.165) is 0 Å². The number of nitrogens with zero attached hydrogens (tertiary/aromatic N) is 2. The second-order valence-corrected chi connectivity index (χ2v) is 5.68. The maximum Gasteiger partial charge on any atom is 0.311 e. The number of phenols is 1. The van der Waals surface area contributed by atoms with E-state index in [0.29, 0.717) is 16.9 Å². The number of carbonyl (C=O) groups is 1. The smallest absolute Gasteiger partial charge is 0.311 e. The molecule has 0 radical (unpaired) electrons. The van der Waals surface area contributed by atoms with Crippen molar-refractivity contribution in [2.75, 3.05) is 4.90 Å². The van der Waals surface area contributed by atoms with Crippen molar-refractivity contribution in [3.63, 3.8) is 0 Å². The van der Waals surface area contributed by atoms with Crippen LogP contribution < -0.4 is 4.90 Å². The van der Waals surface area contributed by atoms with E-state index in [4.69, 9.17) is 0 Å². The van der Waals surface area contributed by atoms with Gasteiger partial charge >= 0.3 is 5.69 Å². The second-order valence-electron chi connectivity index (χ2n) is 5.68. The molecule has 0 fully saturated rings. The summed E-state index contributed by atoms with van der Waals surface area (Å²) in [5, 5.41) is 20.5. The van der Waals surface area contributed by atoms with Crippen molar-refractivity contribution in [2.45, 2.75) is 0 Å². The van der Waals surface area contributed by atoms with Crippen LogP contribution in [0.2, 0.25) is 0 Å². The van der Waals surface area contributed by atoms with E-state index in [9.17, 15) is 20.0 Å². The summed E-state index contributed by atoms with van der Waals surface area (Å²) in [4.78, 5) is 24.7. The zero-order valence-corrected chi connectivity index (χ0v) is 14.2. The molecule has 0 unspecified atom stereocenters. The van der Waals surface area contributed by atoms with Gasteiger partial charge in [0.05, 0.1) is 4.92 Å². The van der Waals surface area contributed by atoms with Crippen LogP contribution in [0.3, 0.4) is 0 Å². The molecule has 0 saturated heterocycles. The molecule has 0 aliphatic rings. The molecule has 3 aromatic rings. The Hall–Kier alpha value is -3.93. The Labute approximate surface area is 155 Å². The SMILES string of the molecule is O=C(/C=C/c1ccc(O)c([N+](=O)[O-])c1)N(c1ccccc1)c1ccccc1. The third kappa shape index (κ3) is 4.19. The van der Waals surface area contributed by atoms with Crippen molar-refractivity contribution in [3.05, 3.63) is 101 Å². The van der Waals surface area contributed by atoms with Crippen LogP contribution >= 0.6 is 0 Å². The summed E-state index contributed by atoms with van der Waals surface area (Å²) in [7, 11) is 0. The quantitative estimate of drug-likeness (QED) is 0.407. The number of hydrogen-bond donors (Lipinski definition) is 1. The molecule has 1 amide bonds. The Balaban J connectivity index is 1.93. The van der Waals surface area contributed by atoms with Crippen LogP contribution in [0, 0.1) is 10.1 Å². The number of nitro benzene ring substituents is 1. The molecule has 0 bridgehead atoms. The number of para-hydroxylation sites is 2. The molecule has 0 aliphatic heterocycles. The molecule has 1 N–H and O–H groups in total. The molecule has 0 atom stereocenters. The topological polar surface area (TPSA) is 83.7 Å². The molecular formula is C21H16N2O4. The summed E-state index contributed by atoms with van der Waals surface area (Å²) in [5.74, 6) is -0.721. The van der Waals surface area contributed by atoms with Crippen LogP contribution in [0.15, 0.2) is 84.9 Å². The number of aromatic hydroxyl groups is 1. The van der Waals surface area contributed by atoms with Crippen LogP contribution in [-0.4, -0.2) is 15.9 Å². The highest BCUT2D eigenvalue weighted by atomic mass is 16.6. The Bertz CT molecular complexity index is 946. The molecule has 6 heteroatoms. The first-order chi connectivity index (χ1) is 13.1. The van der Waals surface area contributed by atoms with Crippen LogP contribution in [-0.2, 0) is 4.79 Å². The molecule has 0 aromatic heterocycles. The summed E-state index contributed by atoms with van der Waals surface area (Å²) in [6.45, 7) is 0. The van der Waals surface area contributed by atoms with Gasteiger partial charge in [0.2, 0.25) is 0 Å². The number of phenolic OH excluding ortho intramolecular Hbond substituents is 1. The number of amides is 1. The highest BCUT2D eigenvalue weighted by Gasteiger charge is 2.16. The van der Waals surface area contributed by atoms with Crippen molar-refractivity contribution in [2.24, 2.45) is 0 Å². The average Bonchev–Trinajstić information content (AvgIpc) is 2.69. The Kier molecular flexibility index (Phi) is 5.28. The van der Waals surface area contributed by atoms with Gasteiger partial charge in [0.25, 0.3) is 5.91 Å². The van der Waals surface area contributed by atoms with Gasteiger partial charge in [-0.05, 0) is 42.0 Å². The average molecular weight is 360 g/mol. The summed E-state index contributed by atoms with van der Waals surface area (Å²) >= 11 is 0. The minimum Gasteiger partial charge on any atom is -0.502 e. The van der Waals surface area contributed by atoms with E-state index >= 15 is 0 Å². The van der Waals surface area contributed by atoms with Crippen molar-refractivity contribution in [1.82, 2.24) is 0 Å². The molecule has 6 nitrogen and oxygen atoms in total. The number of hydrogen-bond acceptors (Lipinski definition) is 4. The van der Waals surface area contributed by atoms with Gasteiger partial charge in [0.1, 0.15) is 0 Å². The predicted octanol–water partition coefficient (Wildman–Crippen LogP) is 4.68. The molecule has 3 rings (SSSR count). The minimum absolute atomic E-state index is 0.303. The van der Waals surface area contributed by atoms with Gasteiger partial charge in [-0.15, -0.1) is 0 Å². The van der Waals surface area contributed by atoms with Crippen LogP contribution in [0.5, 0.6) is 5.75 Å². The maximum atomic E-state index is 12.9. The third-order valence-corrected chi connectivity index (χ3v) is 3.86. The third-order valence-electron chi connectivity index (χ3n) is 3.86. The normalized spacial score (nSPS) is 10.7. The highest BCUT2D eigenvalue weighted by molar-refractivity contribution is 6.08. The van der Waals surface area contributed by atoms with Crippen molar-refractivity contribution in [1.29, 1.82) is 0 Å². The maximum absolute atomic E-state index is 12.9. The largest absolute Gasteiger partial charge is 0.502 e. The molecule has 0 saturated carbocycles. The van der Waals surface area contributed by atoms with Crippen LogP contribution in [0.1, 0.15) is 5.56 Å². The van der Waals surface area contributed by atoms with Gasteiger partial charge in [-0.2, -0.15) is 0 Å². The lowest BCUT2D eigenvalue weighted by molar-refractivity contribution is -0.385. The first-order valence-corrected chi connectivity index (χ1v) is 8.16. The standard InChI is InChI=1S/C21H16N2O4/c24-20-13-11-16(15-19(20)23(26)27)12-14-21(25)22(17-7-3-1-4-8-17)18-9-5-2-6-10-18/h1-15,24H/b14-12+. The lowest BCUT2D eigenvalue weighted by Gasteiger charge is -2.21. The number of benzene rings is 3. The van der Waals surface area contributed by atoms with Crippen molar-refractivity contribution in [3.8, 4) is 5.75 Å². The van der Waals surface area contributed by atoms with Gasteiger partial charge in [0.15, 0.2) is 5.75 Å². The number of nitro groups is 1. The fourth-order valence-corrected chi connectivity index (χ4v) is 2.59. The minimum atomic E-state index is -0.672. The molecule has 27 heavy (non-hydrogen) atoms. The van der Waals surface area contributed by atoms with Gasteiger partial charge < -0.3 is 5.11 Å². The van der Waals surface area contributed by atoms with Crippen molar-refractivity contribution < 1.29 is 14.8 Å². The first kappa shape index (κ1) is 17.9. The second kappa shape index (κ2) is 7.97. The number of carbonyl (C=O) groups excluding carboxylic acids is 1. The zero-order valence-electron chi connectivity index (χ0n) is 14.2. The summed E-state index contributed by atoms with van der Waals surface area (Å²) < 4.78 is 0. The van der Waals surface area contributed by atoms with E-state index in [-0.39, 0.29) is 5.91 Å². The molecule has 3 aromatic carbocycles. The first-order valence-electron chi connectivity index (χ1n) is 8.16. The molecule has 0 aliphatic carbocycles. The fourth-order valence-electron chi connectivity index (χ4n) is 2.59. The van der Waals surface area contributed by atoms with Gasteiger partial charge in [-0.1, -0.05) is 42.5 Å². The molecular weight excluding hydrogens is 344 g/mol. The van der Waals surface area contributed by atoms with Gasteiger partial charge in [-0.25, -0.2) is 0 Å². The van der Waals surface area contributed by atoms with E-state index in [1.807, 2.05) is 60.7 Å². The Morgan fingerprint density at radius 2 is 1.48 bits per heavy atom. The van der Waals surface area contributed by atoms with E-state index < -0.39 is 16.4 Å². The number of rotatable bonds is 5. The lowest BCUT2D eigenvalue weighted by atomic mass is 10.1. The molecule has 0 spiro atoms. The van der Waals surface area contributed by atoms with Crippen LogP contribution in [0.25, 0.3) is 6.08 Å². The fraction of sp³-hybridized carbons (Fsp3) is 0. The Morgan fingerprint density at radius 1 is 0.926 bits per heavy atom. The van der Waals surface area contributed by atoms with E-state index in [1.54, 1.807) is 4.90 Å². The molecule has 134 valence electrons. The molecule has 0 heterocycles. The Morgan fingerprint density at radius 3 is 2.00 bits per heavy atom.